The molecule has 5 nitrogen and oxygen atoms in total. The van der Waals surface area contributed by atoms with Gasteiger partial charge in [0.05, 0.1) is 17.6 Å². The second kappa shape index (κ2) is 8.05. The Labute approximate surface area is 166 Å². The molecule has 0 aliphatic carbocycles. The maximum absolute atomic E-state index is 14.2. The van der Waals surface area contributed by atoms with Crippen LogP contribution in [0.15, 0.2) is 35.5 Å². The first-order chi connectivity index (χ1) is 13.5. The van der Waals surface area contributed by atoms with Crippen LogP contribution in [0.1, 0.15) is 38.3 Å². The molecule has 1 aromatic carbocycles. The van der Waals surface area contributed by atoms with E-state index in [1.807, 2.05) is 6.07 Å². The quantitative estimate of drug-likeness (QED) is 0.646. The minimum Gasteiger partial charge on any atom is -0.348 e. The predicted molar refractivity (Wildman–Crippen MR) is 108 cm³/mol. The van der Waals surface area contributed by atoms with Crippen LogP contribution in [0.4, 0.5) is 20.2 Å². The molecular weight excluding hydrogens is 380 g/mol. The standard InChI is InChI=1S/C20H23F2N5S/c1-12(2)17-11-24-20-16(25-19-14(21)6-3-7-15(19)22)9-18(26-27(17)20)28-13-5-4-8-23-10-13/h3,6-7,9,11-13,23,25H,4-5,8,10H2,1-2H3. The summed E-state index contributed by atoms with van der Waals surface area (Å²) in [6, 6.07) is 5.65. The lowest BCUT2D eigenvalue weighted by molar-refractivity contribution is 0.531. The Balaban J connectivity index is 1.77. The highest BCUT2D eigenvalue weighted by Gasteiger charge is 2.20. The van der Waals surface area contributed by atoms with E-state index in [4.69, 9.17) is 5.10 Å². The number of aromatic nitrogens is 3. The molecule has 1 unspecified atom stereocenters. The summed E-state index contributed by atoms with van der Waals surface area (Å²) in [5, 5.41) is 12.3. The van der Waals surface area contributed by atoms with E-state index in [0.29, 0.717) is 16.6 Å². The first kappa shape index (κ1) is 19.1. The molecule has 1 saturated heterocycles. The third-order valence-corrected chi connectivity index (χ3v) is 6.00. The van der Waals surface area contributed by atoms with Gasteiger partial charge in [0.25, 0.3) is 0 Å². The van der Waals surface area contributed by atoms with Crippen molar-refractivity contribution in [3.05, 3.63) is 47.8 Å². The molecule has 0 bridgehead atoms. The number of para-hydroxylation sites is 1. The molecule has 0 radical (unpaired) electrons. The summed E-state index contributed by atoms with van der Waals surface area (Å²) in [4.78, 5) is 4.45. The predicted octanol–water partition coefficient (Wildman–Crippen LogP) is 4.72. The van der Waals surface area contributed by atoms with Crippen LogP contribution in [0.2, 0.25) is 0 Å². The van der Waals surface area contributed by atoms with Gasteiger partial charge in [0.1, 0.15) is 22.3 Å². The summed E-state index contributed by atoms with van der Waals surface area (Å²) in [6.07, 6.45) is 4.02. The number of fused-ring (bicyclic) bond motifs is 1. The molecule has 1 fully saturated rings. The molecule has 2 aromatic heterocycles. The molecule has 0 spiro atoms. The van der Waals surface area contributed by atoms with Crippen LogP contribution in [0.3, 0.4) is 0 Å². The van der Waals surface area contributed by atoms with Gasteiger partial charge in [-0.1, -0.05) is 31.7 Å². The molecule has 1 atom stereocenters. The Morgan fingerprint density at radius 3 is 2.75 bits per heavy atom. The van der Waals surface area contributed by atoms with Gasteiger partial charge in [0, 0.05) is 11.8 Å². The van der Waals surface area contributed by atoms with Crippen molar-refractivity contribution in [2.24, 2.45) is 0 Å². The van der Waals surface area contributed by atoms with E-state index in [1.54, 1.807) is 22.5 Å². The average Bonchev–Trinajstić information content (AvgIpc) is 3.10. The topological polar surface area (TPSA) is 54.2 Å². The fraction of sp³-hybridized carbons (Fsp3) is 0.400. The molecular formula is C20H23F2N5S. The third-order valence-electron chi connectivity index (χ3n) is 4.82. The summed E-state index contributed by atoms with van der Waals surface area (Å²) in [5.74, 6) is -1.07. The molecule has 8 heteroatoms. The lowest BCUT2D eigenvalue weighted by Gasteiger charge is -2.22. The van der Waals surface area contributed by atoms with E-state index in [1.165, 1.54) is 18.2 Å². The molecule has 0 amide bonds. The number of piperidine rings is 1. The van der Waals surface area contributed by atoms with Crippen LogP contribution in [0.5, 0.6) is 0 Å². The SMILES string of the molecule is CC(C)c1cnc2c(Nc3c(F)cccc3F)cc(SC3CCCNC3)nn12. The number of nitrogens with zero attached hydrogens (tertiary/aromatic N) is 3. The number of rotatable bonds is 5. The van der Waals surface area contributed by atoms with Crippen LogP contribution in [-0.2, 0) is 0 Å². The van der Waals surface area contributed by atoms with Gasteiger partial charge in [0.2, 0.25) is 0 Å². The minimum atomic E-state index is -0.642. The summed E-state index contributed by atoms with van der Waals surface area (Å²) >= 11 is 1.69. The fourth-order valence-corrected chi connectivity index (χ4v) is 4.49. The van der Waals surface area contributed by atoms with Crippen molar-refractivity contribution >= 4 is 28.8 Å². The van der Waals surface area contributed by atoms with E-state index in [2.05, 4.69) is 29.5 Å². The molecule has 1 aliphatic rings. The van der Waals surface area contributed by atoms with Crippen molar-refractivity contribution in [1.82, 2.24) is 19.9 Å². The van der Waals surface area contributed by atoms with E-state index in [0.717, 1.165) is 36.7 Å². The summed E-state index contributed by atoms with van der Waals surface area (Å²) < 4.78 is 30.2. The highest BCUT2D eigenvalue weighted by molar-refractivity contribution is 7.99. The van der Waals surface area contributed by atoms with Crippen LogP contribution >= 0.6 is 11.8 Å². The first-order valence-electron chi connectivity index (χ1n) is 9.50. The van der Waals surface area contributed by atoms with Crippen molar-refractivity contribution in [2.45, 2.75) is 42.9 Å². The van der Waals surface area contributed by atoms with Crippen molar-refractivity contribution < 1.29 is 8.78 Å². The molecule has 1 aliphatic heterocycles. The van der Waals surface area contributed by atoms with E-state index in [9.17, 15) is 8.78 Å². The molecule has 28 heavy (non-hydrogen) atoms. The van der Waals surface area contributed by atoms with Gasteiger partial charge in [-0.2, -0.15) is 5.10 Å². The van der Waals surface area contributed by atoms with Crippen LogP contribution in [0, 0.1) is 11.6 Å². The van der Waals surface area contributed by atoms with Gasteiger partial charge >= 0.3 is 0 Å². The number of thioether (sulfide) groups is 1. The summed E-state index contributed by atoms with van der Waals surface area (Å²) in [6.45, 7) is 6.11. The van der Waals surface area contributed by atoms with Gasteiger partial charge in [-0.25, -0.2) is 18.3 Å². The molecule has 3 aromatic rings. The Kier molecular flexibility index (Phi) is 5.50. The zero-order chi connectivity index (χ0) is 19.7. The largest absolute Gasteiger partial charge is 0.348 e. The average molecular weight is 404 g/mol. The van der Waals surface area contributed by atoms with Crippen molar-refractivity contribution in [3.63, 3.8) is 0 Å². The fourth-order valence-electron chi connectivity index (χ4n) is 3.35. The van der Waals surface area contributed by atoms with Crippen LogP contribution < -0.4 is 10.6 Å². The van der Waals surface area contributed by atoms with Gasteiger partial charge < -0.3 is 10.6 Å². The van der Waals surface area contributed by atoms with E-state index < -0.39 is 11.6 Å². The monoisotopic (exact) mass is 403 g/mol. The van der Waals surface area contributed by atoms with Gasteiger partial charge in [-0.15, -0.1) is 0 Å². The number of benzene rings is 1. The number of halogens is 2. The lowest BCUT2D eigenvalue weighted by Crippen LogP contribution is -2.31. The minimum absolute atomic E-state index is 0.181. The molecule has 3 heterocycles. The second-order valence-electron chi connectivity index (χ2n) is 7.28. The maximum atomic E-state index is 14.2. The molecule has 2 N–H and O–H groups in total. The Bertz CT molecular complexity index is 962. The Morgan fingerprint density at radius 1 is 1.29 bits per heavy atom. The summed E-state index contributed by atoms with van der Waals surface area (Å²) in [5.41, 5.74) is 1.87. The van der Waals surface area contributed by atoms with E-state index >= 15 is 0 Å². The van der Waals surface area contributed by atoms with Crippen molar-refractivity contribution in [1.29, 1.82) is 0 Å². The maximum Gasteiger partial charge on any atom is 0.177 e. The lowest BCUT2D eigenvalue weighted by atomic mass is 10.2. The van der Waals surface area contributed by atoms with Gasteiger partial charge in [-0.05, 0) is 43.5 Å². The Hall–Kier alpha value is -2.19. The highest BCUT2D eigenvalue weighted by Crippen LogP contribution is 2.32. The Morgan fingerprint density at radius 2 is 2.07 bits per heavy atom. The third kappa shape index (κ3) is 3.84. The van der Waals surface area contributed by atoms with Crippen LogP contribution in [-0.4, -0.2) is 32.9 Å². The van der Waals surface area contributed by atoms with Crippen LogP contribution in [0.25, 0.3) is 5.65 Å². The number of anilines is 2. The number of hydrogen-bond donors (Lipinski definition) is 2. The zero-order valence-corrected chi connectivity index (χ0v) is 16.7. The molecule has 0 saturated carbocycles. The number of hydrogen-bond acceptors (Lipinski definition) is 5. The smallest absolute Gasteiger partial charge is 0.177 e. The second-order valence-corrected chi connectivity index (χ2v) is 8.60. The van der Waals surface area contributed by atoms with Gasteiger partial charge in [0.15, 0.2) is 5.65 Å². The van der Waals surface area contributed by atoms with Gasteiger partial charge in [-0.3, -0.25) is 0 Å². The summed E-state index contributed by atoms with van der Waals surface area (Å²) in [7, 11) is 0. The number of nitrogens with one attached hydrogen (secondary N) is 2. The highest BCUT2D eigenvalue weighted by atomic mass is 32.2. The number of imidazole rings is 1. The normalized spacial score (nSPS) is 17.4. The van der Waals surface area contributed by atoms with Crippen molar-refractivity contribution in [2.75, 3.05) is 18.4 Å². The van der Waals surface area contributed by atoms with Crippen molar-refractivity contribution in [3.8, 4) is 0 Å². The first-order valence-corrected chi connectivity index (χ1v) is 10.4. The zero-order valence-electron chi connectivity index (χ0n) is 15.9. The molecule has 4 rings (SSSR count). The molecule has 148 valence electrons. The van der Waals surface area contributed by atoms with E-state index in [-0.39, 0.29) is 11.6 Å².